The van der Waals surface area contributed by atoms with Gasteiger partial charge in [-0.1, -0.05) is 18.2 Å². The zero-order valence-electron chi connectivity index (χ0n) is 13.3. The molecule has 2 aromatic rings. The Kier molecular flexibility index (Phi) is 4.46. The van der Waals surface area contributed by atoms with Gasteiger partial charge in [0, 0.05) is 11.8 Å². The molecule has 1 N–H and O–H groups in total. The Bertz CT molecular complexity index is 788. The van der Waals surface area contributed by atoms with Gasteiger partial charge in [-0.25, -0.2) is 0 Å². The van der Waals surface area contributed by atoms with Crippen molar-refractivity contribution in [2.75, 3.05) is 5.32 Å². The van der Waals surface area contributed by atoms with Gasteiger partial charge in [-0.05, 0) is 55.5 Å². The van der Waals surface area contributed by atoms with Crippen LogP contribution in [0.15, 0.2) is 42.5 Å². The van der Waals surface area contributed by atoms with Crippen LogP contribution in [0.25, 0.3) is 0 Å². The Morgan fingerprint density at radius 3 is 2.75 bits per heavy atom. The highest BCUT2D eigenvalue weighted by Gasteiger charge is 2.21. The van der Waals surface area contributed by atoms with E-state index >= 15 is 0 Å². The van der Waals surface area contributed by atoms with Gasteiger partial charge in [0.15, 0.2) is 11.9 Å². The number of nitro groups is 1. The molecule has 1 atom stereocenters. The second-order valence-electron chi connectivity index (χ2n) is 5.81. The summed E-state index contributed by atoms with van der Waals surface area (Å²) in [5, 5.41) is 13.8. The van der Waals surface area contributed by atoms with E-state index in [4.69, 9.17) is 4.74 Å². The molecule has 2 aromatic carbocycles. The highest BCUT2D eigenvalue weighted by molar-refractivity contribution is 5.94. The van der Waals surface area contributed by atoms with Gasteiger partial charge in [0.2, 0.25) is 0 Å². The molecule has 0 fully saturated rings. The molecule has 3 rings (SSSR count). The fourth-order valence-corrected chi connectivity index (χ4v) is 2.85. The molecule has 1 aliphatic carbocycles. The van der Waals surface area contributed by atoms with Crippen LogP contribution in [0.5, 0.6) is 5.75 Å². The number of amides is 1. The average Bonchev–Trinajstić information content (AvgIpc) is 3.02. The van der Waals surface area contributed by atoms with E-state index in [0.29, 0.717) is 0 Å². The summed E-state index contributed by atoms with van der Waals surface area (Å²) in [4.78, 5) is 22.8. The van der Waals surface area contributed by atoms with E-state index in [-0.39, 0.29) is 17.3 Å². The Hall–Kier alpha value is -2.89. The monoisotopic (exact) mass is 326 g/mol. The number of nitro benzene ring substituents is 1. The van der Waals surface area contributed by atoms with Gasteiger partial charge >= 0.3 is 5.69 Å². The predicted octanol–water partition coefficient (Wildman–Crippen LogP) is 3.49. The molecule has 0 radical (unpaired) electrons. The smallest absolute Gasteiger partial charge is 0.310 e. The molecule has 0 aliphatic heterocycles. The number of carbonyl (C=O) groups is 1. The molecule has 6 nitrogen and oxygen atoms in total. The fraction of sp³-hybridized carbons (Fsp3) is 0.278. The lowest BCUT2D eigenvalue weighted by Crippen LogP contribution is -2.30. The molecule has 124 valence electrons. The minimum atomic E-state index is -0.848. The highest BCUT2D eigenvalue weighted by Crippen LogP contribution is 2.28. The Labute approximate surface area is 139 Å². The zero-order valence-corrected chi connectivity index (χ0v) is 13.3. The number of hydrogen-bond acceptors (Lipinski definition) is 4. The van der Waals surface area contributed by atoms with Crippen LogP contribution >= 0.6 is 0 Å². The summed E-state index contributed by atoms with van der Waals surface area (Å²) >= 11 is 0. The number of fused-ring (bicyclic) bond motifs is 1. The van der Waals surface area contributed by atoms with Crippen LogP contribution in [0.1, 0.15) is 24.5 Å². The van der Waals surface area contributed by atoms with E-state index in [9.17, 15) is 14.9 Å². The molecule has 1 amide bonds. The van der Waals surface area contributed by atoms with Crippen LogP contribution in [-0.2, 0) is 17.6 Å². The normalized spacial score (nSPS) is 13.9. The number of benzene rings is 2. The van der Waals surface area contributed by atoms with Crippen molar-refractivity contribution in [2.24, 2.45) is 0 Å². The number of ether oxygens (including phenoxy) is 1. The number of anilines is 1. The van der Waals surface area contributed by atoms with Crippen LogP contribution in [0, 0.1) is 10.1 Å². The first kappa shape index (κ1) is 16.0. The second kappa shape index (κ2) is 6.70. The summed E-state index contributed by atoms with van der Waals surface area (Å²) < 4.78 is 5.48. The van der Waals surface area contributed by atoms with Gasteiger partial charge in [-0.2, -0.15) is 0 Å². The van der Waals surface area contributed by atoms with E-state index < -0.39 is 11.0 Å². The first-order valence-corrected chi connectivity index (χ1v) is 7.87. The molecule has 0 unspecified atom stereocenters. The predicted molar refractivity (Wildman–Crippen MR) is 90.3 cm³/mol. The van der Waals surface area contributed by atoms with E-state index in [1.165, 1.54) is 23.3 Å². The fourth-order valence-electron chi connectivity index (χ4n) is 2.85. The van der Waals surface area contributed by atoms with Crippen molar-refractivity contribution in [1.82, 2.24) is 0 Å². The minimum Gasteiger partial charge on any atom is -0.474 e. The second-order valence-corrected chi connectivity index (χ2v) is 5.81. The van der Waals surface area contributed by atoms with Crippen molar-refractivity contribution in [3.8, 4) is 5.75 Å². The molecular weight excluding hydrogens is 308 g/mol. The maximum atomic E-state index is 12.3. The summed E-state index contributed by atoms with van der Waals surface area (Å²) in [7, 11) is 0. The largest absolute Gasteiger partial charge is 0.474 e. The summed E-state index contributed by atoms with van der Waals surface area (Å²) in [6, 6.07) is 11.9. The van der Waals surface area contributed by atoms with Crippen LogP contribution in [0.2, 0.25) is 0 Å². The third kappa shape index (κ3) is 3.37. The Morgan fingerprint density at radius 1 is 1.21 bits per heavy atom. The van der Waals surface area contributed by atoms with E-state index in [1.807, 2.05) is 18.2 Å². The maximum Gasteiger partial charge on any atom is 0.310 e. The SMILES string of the molecule is C[C@@H](Oc1ccccc1[N+](=O)[O-])C(=O)Nc1ccc2c(c1)CCC2. The molecule has 0 saturated carbocycles. The van der Waals surface area contributed by atoms with Crippen molar-refractivity contribution in [3.63, 3.8) is 0 Å². The van der Waals surface area contributed by atoms with E-state index in [1.54, 1.807) is 19.1 Å². The molecule has 0 heterocycles. The molecule has 0 bridgehead atoms. The quantitative estimate of drug-likeness (QED) is 0.673. The molecule has 0 aromatic heterocycles. The van der Waals surface area contributed by atoms with E-state index in [2.05, 4.69) is 5.32 Å². The molecule has 1 aliphatic rings. The van der Waals surface area contributed by atoms with Crippen LogP contribution in [-0.4, -0.2) is 16.9 Å². The molecule has 24 heavy (non-hydrogen) atoms. The summed E-state index contributed by atoms with van der Waals surface area (Å²) in [6.45, 7) is 1.57. The maximum absolute atomic E-state index is 12.3. The topological polar surface area (TPSA) is 81.5 Å². The summed E-state index contributed by atoms with van der Waals surface area (Å²) in [5.41, 5.74) is 3.16. The van der Waals surface area contributed by atoms with Crippen molar-refractivity contribution in [3.05, 3.63) is 63.7 Å². The number of hydrogen-bond donors (Lipinski definition) is 1. The number of nitrogens with zero attached hydrogens (tertiary/aromatic N) is 1. The molecule has 6 heteroatoms. The zero-order chi connectivity index (χ0) is 17.1. The van der Waals surface area contributed by atoms with Crippen molar-refractivity contribution < 1.29 is 14.5 Å². The standard InChI is InChI=1S/C18H18N2O4/c1-12(24-17-8-3-2-7-16(17)20(22)23)18(21)19-15-10-9-13-5-4-6-14(13)11-15/h2-3,7-12H,4-6H2,1H3,(H,19,21)/t12-/m1/s1. The first-order valence-electron chi connectivity index (χ1n) is 7.87. The average molecular weight is 326 g/mol. The number of rotatable bonds is 5. The minimum absolute atomic E-state index is 0.0825. The Morgan fingerprint density at radius 2 is 1.96 bits per heavy atom. The number of carbonyl (C=O) groups excluding carboxylic acids is 1. The lowest BCUT2D eigenvalue weighted by atomic mass is 10.1. The number of nitrogens with one attached hydrogen (secondary N) is 1. The number of aryl methyl sites for hydroxylation is 2. The van der Waals surface area contributed by atoms with Crippen LogP contribution < -0.4 is 10.1 Å². The first-order chi connectivity index (χ1) is 11.5. The number of para-hydroxylation sites is 2. The molecule has 0 spiro atoms. The summed E-state index contributed by atoms with van der Waals surface area (Å²) in [6.07, 6.45) is 2.41. The lowest BCUT2D eigenvalue weighted by molar-refractivity contribution is -0.386. The van der Waals surface area contributed by atoms with Crippen LogP contribution in [0.3, 0.4) is 0 Å². The highest BCUT2D eigenvalue weighted by atomic mass is 16.6. The summed E-state index contributed by atoms with van der Waals surface area (Å²) in [5.74, 6) is -0.259. The van der Waals surface area contributed by atoms with Crippen molar-refractivity contribution in [2.45, 2.75) is 32.3 Å². The van der Waals surface area contributed by atoms with Gasteiger partial charge in [0.25, 0.3) is 5.91 Å². The van der Waals surface area contributed by atoms with Crippen molar-refractivity contribution >= 4 is 17.3 Å². The third-order valence-corrected chi connectivity index (χ3v) is 4.10. The lowest BCUT2D eigenvalue weighted by Gasteiger charge is -2.15. The van der Waals surface area contributed by atoms with Gasteiger partial charge in [0.05, 0.1) is 4.92 Å². The Balaban J connectivity index is 1.68. The molecular formula is C18H18N2O4. The van der Waals surface area contributed by atoms with Crippen molar-refractivity contribution in [1.29, 1.82) is 0 Å². The van der Waals surface area contributed by atoms with Crippen LogP contribution in [0.4, 0.5) is 11.4 Å². The molecule has 0 saturated heterocycles. The van der Waals surface area contributed by atoms with Gasteiger partial charge in [-0.15, -0.1) is 0 Å². The third-order valence-electron chi connectivity index (χ3n) is 4.10. The van der Waals surface area contributed by atoms with Gasteiger partial charge in [-0.3, -0.25) is 14.9 Å². The van der Waals surface area contributed by atoms with E-state index in [0.717, 1.165) is 24.9 Å². The van der Waals surface area contributed by atoms with Gasteiger partial charge in [0.1, 0.15) is 0 Å². The van der Waals surface area contributed by atoms with Gasteiger partial charge < -0.3 is 10.1 Å².